The molecule has 0 aromatic heterocycles. The van der Waals surface area contributed by atoms with Crippen molar-refractivity contribution < 1.29 is 32.0 Å². The monoisotopic (exact) mass is 553 g/mol. The fraction of sp³-hybridized carbons (Fsp3) is 0.500. The quantitative estimate of drug-likeness (QED) is 0.178. The topological polar surface area (TPSA) is 107 Å². The SMILES string of the molecule is CCCC[P+](CCCC)(CCCC)c1ccccc1.COC(=O)c1cc(C(=O)OC)cc(S(=O)(=O)O)c1. The highest BCUT2D eigenvalue weighted by Gasteiger charge is 2.37. The molecule has 0 saturated carbocycles. The van der Waals surface area contributed by atoms with Crippen molar-refractivity contribution in [2.45, 2.75) is 64.2 Å². The van der Waals surface area contributed by atoms with Crippen LogP contribution in [-0.4, -0.2) is 57.6 Å². The number of ether oxygens (including phenoxy) is 2. The molecule has 0 fully saturated rings. The Morgan fingerprint density at radius 2 is 1.16 bits per heavy atom. The van der Waals surface area contributed by atoms with Crippen LogP contribution in [0, 0.1) is 0 Å². The standard InChI is InChI=1S/C18H32P.C10H10O7S/c1-4-7-15-19(16-8-5-2,17-9-6-3)18-13-11-10-12-14-18;1-16-9(11)6-3-7(10(12)17-2)5-8(4-6)18(13,14)15/h10-14H,4-9,15-17H2,1-3H3;3-5H,1-2H3,(H,13,14,15)/q+1;. The normalized spacial score (nSPS) is 11.3. The van der Waals surface area contributed by atoms with Crippen LogP contribution in [0.15, 0.2) is 53.4 Å². The maximum atomic E-state index is 11.3. The highest BCUT2D eigenvalue weighted by atomic mass is 32.2. The molecule has 0 radical (unpaired) electrons. The minimum atomic E-state index is -4.55. The second-order valence-corrected chi connectivity index (χ2v) is 14.5. The van der Waals surface area contributed by atoms with E-state index in [1.807, 2.05) is 0 Å². The van der Waals surface area contributed by atoms with E-state index in [4.69, 9.17) is 4.55 Å². The third-order valence-electron chi connectivity index (χ3n) is 6.17. The van der Waals surface area contributed by atoms with E-state index in [0.717, 1.165) is 32.4 Å². The van der Waals surface area contributed by atoms with Crippen LogP contribution in [-0.2, 0) is 19.6 Å². The molecule has 0 atom stereocenters. The summed E-state index contributed by atoms with van der Waals surface area (Å²) >= 11 is 0. The highest BCUT2D eigenvalue weighted by molar-refractivity contribution is 7.85. The average Bonchev–Trinajstić information content (AvgIpc) is 2.92. The van der Waals surface area contributed by atoms with Crippen LogP contribution in [0.1, 0.15) is 80.0 Å². The summed E-state index contributed by atoms with van der Waals surface area (Å²) in [6, 6.07) is 14.4. The van der Waals surface area contributed by atoms with Gasteiger partial charge < -0.3 is 9.47 Å². The van der Waals surface area contributed by atoms with Crippen LogP contribution in [0.4, 0.5) is 0 Å². The Morgan fingerprint density at radius 3 is 1.49 bits per heavy atom. The van der Waals surface area contributed by atoms with E-state index in [9.17, 15) is 18.0 Å². The van der Waals surface area contributed by atoms with Gasteiger partial charge in [-0.2, -0.15) is 8.42 Å². The summed E-state index contributed by atoms with van der Waals surface area (Å²) in [5.41, 5.74) is -0.374. The van der Waals surface area contributed by atoms with Crippen molar-refractivity contribution in [3.8, 4) is 0 Å². The number of hydrogen-bond acceptors (Lipinski definition) is 6. The summed E-state index contributed by atoms with van der Waals surface area (Å²) in [7, 11) is -3.25. The van der Waals surface area contributed by atoms with Crippen LogP contribution >= 0.6 is 7.26 Å². The van der Waals surface area contributed by atoms with Gasteiger partial charge in [0.15, 0.2) is 0 Å². The molecule has 0 saturated heterocycles. The lowest BCUT2D eigenvalue weighted by molar-refractivity contribution is 0.0598. The maximum Gasteiger partial charge on any atom is 0.337 e. The highest BCUT2D eigenvalue weighted by Crippen LogP contribution is 2.59. The molecule has 0 amide bonds. The largest absolute Gasteiger partial charge is 0.465 e. The lowest BCUT2D eigenvalue weighted by atomic mass is 10.1. The van der Waals surface area contributed by atoms with Gasteiger partial charge in [0, 0.05) is 7.26 Å². The molecule has 2 rings (SSSR count). The number of unbranched alkanes of at least 4 members (excludes halogenated alkanes) is 3. The molecule has 7 nitrogen and oxygen atoms in total. The number of carbonyl (C=O) groups is 2. The van der Waals surface area contributed by atoms with Crippen LogP contribution in [0.2, 0.25) is 0 Å². The Kier molecular flexibility index (Phi) is 14.6. The van der Waals surface area contributed by atoms with Gasteiger partial charge in [0.25, 0.3) is 10.1 Å². The van der Waals surface area contributed by atoms with Gasteiger partial charge in [0.1, 0.15) is 0 Å². The van der Waals surface area contributed by atoms with E-state index < -0.39 is 34.2 Å². The van der Waals surface area contributed by atoms with Crippen molar-refractivity contribution in [1.82, 2.24) is 0 Å². The van der Waals surface area contributed by atoms with Crippen LogP contribution in [0.3, 0.4) is 0 Å². The number of hydrogen-bond donors (Lipinski definition) is 1. The Balaban J connectivity index is 0.000000371. The number of methoxy groups -OCH3 is 2. The summed E-state index contributed by atoms with van der Waals surface area (Å²) in [6.07, 6.45) is 12.7. The van der Waals surface area contributed by atoms with Crippen LogP contribution in [0.25, 0.3) is 0 Å². The fourth-order valence-electron chi connectivity index (χ4n) is 4.07. The molecule has 0 unspecified atom stereocenters. The summed E-state index contributed by atoms with van der Waals surface area (Å²) < 4.78 is 39.7. The number of esters is 2. The van der Waals surface area contributed by atoms with Gasteiger partial charge in [-0.15, -0.1) is 0 Å². The average molecular weight is 554 g/mol. The Bertz CT molecular complexity index is 1030. The van der Waals surface area contributed by atoms with Gasteiger partial charge in [-0.3, -0.25) is 4.55 Å². The van der Waals surface area contributed by atoms with Gasteiger partial charge in [0.2, 0.25) is 0 Å². The second kappa shape index (κ2) is 16.5. The fourth-order valence-corrected chi connectivity index (χ4v) is 9.64. The molecule has 0 aliphatic rings. The number of benzene rings is 2. The molecule has 37 heavy (non-hydrogen) atoms. The Labute approximate surface area is 223 Å². The predicted molar refractivity (Wildman–Crippen MR) is 151 cm³/mol. The molecule has 0 bridgehead atoms. The van der Waals surface area contributed by atoms with Crippen molar-refractivity contribution in [2.24, 2.45) is 0 Å². The molecule has 0 heterocycles. The molecule has 0 aliphatic carbocycles. The summed E-state index contributed by atoms with van der Waals surface area (Å²) in [5, 5.41) is 1.70. The zero-order chi connectivity index (χ0) is 27.9. The summed E-state index contributed by atoms with van der Waals surface area (Å²) in [6.45, 7) is 7.00. The lowest BCUT2D eigenvalue weighted by Gasteiger charge is -2.27. The van der Waals surface area contributed by atoms with E-state index in [0.29, 0.717) is 0 Å². The molecule has 206 valence electrons. The van der Waals surface area contributed by atoms with E-state index in [1.54, 1.807) is 5.30 Å². The summed E-state index contributed by atoms with van der Waals surface area (Å²) in [5.74, 6) is -1.68. The number of rotatable bonds is 13. The molecule has 0 aliphatic heterocycles. The molecule has 9 heteroatoms. The van der Waals surface area contributed by atoms with Crippen molar-refractivity contribution in [1.29, 1.82) is 0 Å². The number of carbonyl (C=O) groups excluding carboxylic acids is 2. The van der Waals surface area contributed by atoms with Crippen molar-refractivity contribution in [2.75, 3.05) is 32.7 Å². The van der Waals surface area contributed by atoms with Gasteiger partial charge >= 0.3 is 11.9 Å². The maximum absolute atomic E-state index is 11.3. The molecular formula is C28H42O7PS+. The van der Waals surface area contributed by atoms with Gasteiger partial charge in [0.05, 0.1) is 54.0 Å². The van der Waals surface area contributed by atoms with Crippen LogP contribution < -0.4 is 5.30 Å². The predicted octanol–water partition coefficient (Wildman–Crippen LogP) is 6.24. The zero-order valence-corrected chi connectivity index (χ0v) is 24.4. The van der Waals surface area contributed by atoms with E-state index in [-0.39, 0.29) is 11.1 Å². The molecule has 2 aromatic carbocycles. The first kappa shape index (κ1) is 32.7. The van der Waals surface area contributed by atoms with Crippen molar-refractivity contribution in [3.63, 3.8) is 0 Å². The smallest absolute Gasteiger partial charge is 0.337 e. The second-order valence-electron chi connectivity index (χ2n) is 8.92. The van der Waals surface area contributed by atoms with Gasteiger partial charge in [-0.05, 0) is 49.6 Å². The molecule has 2 aromatic rings. The molecular weight excluding hydrogens is 511 g/mol. The Hall–Kier alpha value is -2.28. The lowest BCUT2D eigenvalue weighted by Crippen LogP contribution is -2.20. The minimum Gasteiger partial charge on any atom is -0.465 e. The first-order valence-corrected chi connectivity index (χ1v) is 16.6. The third kappa shape index (κ3) is 10.5. The Morgan fingerprint density at radius 1 is 0.757 bits per heavy atom. The van der Waals surface area contributed by atoms with E-state index in [1.165, 1.54) is 57.0 Å². The van der Waals surface area contributed by atoms with E-state index >= 15 is 0 Å². The molecule has 0 spiro atoms. The third-order valence-corrected chi connectivity index (χ3v) is 11.9. The van der Waals surface area contributed by atoms with Crippen LogP contribution in [0.5, 0.6) is 0 Å². The first-order valence-electron chi connectivity index (χ1n) is 12.8. The van der Waals surface area contributed by atoms with Gasteiger partial charge in [-0.25, -0.2) is 9.59 Å². The minimum absolute atomic E-state index is 0.187. The summed E-state index contributed by atoms with van der Waals surface area (Å²) in [4.78, 5) is 22.0. The zero-order valence-electron chi connectivity index (χ0n) is 22.7. The van der Waals surface area contributed by atoms with Crippen molar-refractivity contribution in [3.05, 3.63) is 59.7 Å². The van der Waals surface area contributed by atoms with Crippen molar-refractivity contribution >= 4 is 34.6 Å². The molecule has 1 N–H and O–H groups in total. The first-order chi connectivity index (χ1) is 17.6. The van der Waals surface area contributed by atoms with E-state index in [2.05, 4.69) is 60.6 Å². The van der Waals surface area contributed by atoms with Gasteiger partial charge in [-0.1, -0.05) is 58.2 Å².